The largest absolute Gasteiger partial charge is 0.457 e. The van der Waals surface area contributed by atoms with Crippen LogP contribution < -0.4 is 14.8 Å². The molecule has 0 heterocycles. The molecule has 0 radical (unpaired) electrons. The van der Waals surface area contributed by atoms with Crippen LogP contribution in [0, 0.1) is 0 Å². The van der Waals surface area contributed by atoms with Crippen LogP contribution in [0.3, 0.4) is 0 Å². The van der Waals surface area contributed by atoms with Crippen LogP contribution in [0.25, 0.3) is 0 Å². The minimum atomic E-state index is -3.89. The first-order chi connectivity index (χ1) is 15.3. The fraction of sp³-hybridized carbons (Fsp3) is 0.130. The molecule has 3 aromatic carbocycles. The smallest absolute Gasteiger partial charge is 0.324 e. The number of carbonyl (C=O) groups excluding carboxylic acids is 2. The van der Waals surface area contributed by atoms with Gasteiger partial charge in [-0.25, -0.2) is 8.42 Å². The summed E-state index contributed by atoms with van der Waals surface area (Å²) in [5, 5.41) is 2.60. The number of rotatable bonds is 9. The van der Waals surface area contributed by atoms with Gasteiger partial charge in [-0.3, -0.25) is 9.59 Å². The third kappa shape index (κ3) is 6.66. The zero-order chi connectivity index (χ0) is 23.0. The van der Waals surface area contributed by atoms with E-state index in [4.69, 9.17) is 9.47 Å². The molecule has 0 aromatic heterocycles. The van der Waals surface area contributed by atoms with E-state index in [0.717, 1.165) is 0 Å². The lowest BCUT2D eigenvalue weighted by atomic mass is 10.3. The molecule has 8 nitrogen and oxygen atoms in total. The number of sulfonamides is 1. The molecule has 32 heavy (non-hydrogen) atoms. The van der Waals surface area contributed by atoms with Crippen molar-refractivity contribution in [2.45, 2.75) is 17.9 Å². The third-order valence-electron chi connectivity index (χ3n) is 4.18. The van der Waals surface area contributed by atoms with Crippen LogP contribution in [0.2, 0.25) is 0 Å². The summed E-state index contributed by atoms with van der Waals surface area (Å²) < 4.78 is 37.4. The van der Waals surface area contributed by atoms with Gasteiger partial charge in [0.2, 0.25) is 10.0 Å². The van der Waals surface area contributed by atoms with Gasteiger partial charge in [0.1, 0.15) is 17.5 Å². The van der Waals surface area contributed by atoms with E-state index in [1.54, 1.807) is 54.6 Å². The molecule has 0 saturated carbocycles. The highest BCUT2D eigenvalue weighted by atomic mass is 32.2. The molecule has 0 fully saturated rings. The first-order valence-corrected chi connectivity index (χ1v) is 11.2. The Bertz CT molecular complexity index is 1170. The molecule has 3 aromatic rings. The minimum Gasteiger partial charge on any atom is -0.457 e. The van der Waals surface area contributed by atoms with Crippen LogP contribution in [-0.4, -0.2) is 32.9 Å². The Labute approximate surface area is 186 Å². The number of amides is 1. The van der Waals surface area contributed by atoms with Crippen molar-refractivity contribution in [3.8, 4) is 11.5 Å². The van der Waals surface area contributed by atoms with Gasteiger partial charge in [-0.15, -0.1) is 0 Å². The van der Waals surface area contributed by atoms with E-state index >= 15 is 0 Å². The van der Waals surface area contributed by atoms with Crippen LogP contribution in [-0.2, 0) is 24.3 Å². The molecule has 0 saturated heterocycles. The number of anilines is 1. The summed E-state index contributed by atoms with van der Waals surface area (Å²) in [6.07, 6.45) is 0. The number of hydrogen-bond donors (Lipinski definition) is 2. The van der Waals surface area contributed by atoms with Gasteiger partial charge < -0.3 is 14.8 Å². The monoisotopic (exact) mass is 454 g/mol. The molecule has 3 rings (SSSR count). The maximum absolute atomic E-state index is 12.3. The van der Waals surface area contributed by atoms with Crippen LogP contribution in [0.5, 0.6) is 11.5 Å². The Morgan fingerprint density at radius 2 is 1.50 bits per heavy atom. The van der Waals surface area contributed by atoms with Crippen LogP contribution in [0.15, 0.2) is 89.8 Å². The van der Waals surface area contributed by atoms with Gasteiger partial charge in [0.25, 0.3) is 5.91 Å². The number of benzene rings is 3. The Balaban J connectivity index is 1.50. The number of carbonyl (C=O) groups is 2. The van der Waals surface area contributed by atoms with Crippen LogP contribution in [0.1, 0.15) is 6.92 Å². The topological polar surface area (TPSA) is 111 Å². The van der Waals surface area contributed by atoms with Crippen molar-refractivity contribution in [3.63, 3.8) is 0 Å². The summed E-state index contributed by atoms with van der Waals surface area (Å²) >= 11 is 0. The second-order valence-corrected chi connectivity index (χ2v) is 8.47. The fourth-order valence-electron chi connectivity index (χ4n) is 2.67. The summed E-state index contributed by atoms with van der Waals surface area (Å²) in [7, 11) is -3.89. The van der Waals surface area contributed by atoms with Crippen molar-refractivity contribution in [1.29, 1.82) is 0 Å². The SMILES string of the molecule is C[C@H](NS(=O)(=O)c1ccccc1)C(=O)OCC(=O)Nc1cccc(Oc2ccccc2)c1. The molecule has 0 spiro atoms. The minimum absolute atomic E-state index is 0.0231. The lowest BCUT2D eigenvalue weighted by molar-refractivity contribution is -0.148. The molecule has 9 heteroatoms. The van der Waals surface area contributed by atoms with Crippen molar-refractivity contribution in [3.05, 3.63) is 84.9 Å². The highest BCUT2D eigenvalue weighted by Gasteiger charge is 2.23. The average Bonchev–Trinajstić information content (AvgIpc) is 2.78. The van der Waals surface area contributed by atoms with E-state index in [1.165, 1.54) is 19.1 Å². The van der Waals surface area contributed by atoms with Crippen molar-refractivity contribution in [1.82, 2.24) is 4.72 Å². The molecule has 166 valence electrons. The first-order valence-electron chi connectivity index (χ1n) is 9.70. The van der Waals surface area contributed by atoms with Gasteiger partial charge in [0.05, 0.1) is 4.90 Å². The normalized spacial score (nSPS) is 11.9. The van der Waals surface area contributed by atoms with Gasteiger partial charge >= 0.3 is 5.97 Å². The highest BCUT2D eigenvalue weighted by Crippen LogP contribution is 2.23. The Morgan fingerprint density at radius 1 is 0.875 bits per heavy atom. The third-order valence-corrected chi connectivity index (χ3v) is 5.74. The van der Waals surface area contributed by atoms with E-state index in [2.05, 4.69) is 10.0 Å². The number of ether oxygens (including phenoxy) is 2. The maximum Gasteiger partial charge on any atom is 0.324 e. The van der Waals surface area contributed by atoms with Crippen LogP contribution >= 0.6 is 0 Å². The van der Waals surface area contributed by atoms with Crippen molar-refractivity contribution in [2.75, 3.05) is 11.9 Å². The van der Waals surface area contributed by atoms with Gasteiger partial charge in [0.15, 0.2) is 6.61 Å². The number of nitrogens with one attached hydrogen (secondary N) is 2. The standard InChI is InChI=1S/C23H22N2O6S/c1-17(25-32(28,29)21-13-6-3-7-14-21)23(27)30-16-22(26)24-18-9-8-12-20(15-18)31-19-10-4-2-5-11-19/h2-15,17,25H,16H2,1H3,(H,24,26)/t17-/m0/s1. The van der Waals surface area contributed by atoms with Crippen molar-refractivity contribution in [2.24, 2.45) is 0 Å². The molecule has 1 amide bonds. The molecule has 0 bridgehead atoms. The molecule has 0 aliphatic rings. The Kier molecular flexibility index (Phi) is 7.58. The summed E-state index contributed by atoms with van der Waals surface area (Å²) in [4.78, 5) is 24.3. The number of hydrogen-bond acceptors (Lipinski definition) is 6. The quantitative estimate of drug-likeness (QED) is 0.480. The van der Waals surface area contributed by atoms with Crippen LogP contribution in [0.4, 0.5) is 5.69 Å². The molecule has 0 aliphatic heterocycles. The Hall–Kier alpha value is -3.69. The second kappa shape index (κ2) is 10.6. The van der Waals surface area contributed by atoms with E-state index in [-0.39, 0.29) is 4.90 Å². The maximum atomic E-state index is 12.3. The van der Waals surface area contributed by atoms with Crippen molar-refractivity contribution >= 4 is 27.6 Å². The first kappa shape index (κ1) is 23.0. The molecule has 0 aliphatic carbocycles. The van der Waals surface area contributed by atoms with E-state index in [0.29, 0.717) is 17.2 Å². The molecule has 0 unspecified atom stereocenters. The Morgan fingerprint density at radius 3 is 2.19 bits per heavy atom. The predicted octanol–water partition coefficient (Wildman–Crippen LogP) is 3.33. The summed E-state index contributed by atoms with van der Waals surface area (Å²) in [5.74, 6) is -0.277. The number of para-hydroxylation sites is 1. The molecule has 2 N–H and O–H groups in total. The fourth-order valence-corrected chi connectivity index (χ4v) is 3.88. The zero-order valence-corrected chi connectivity index (χ0v) is 18.0. The predicted molar refractivity (Wildman–Crippen MR) is 119 cm³/mol. The average molecular weight is 455 g/mol. The summed E-state index contributed by atoms with van der Waals surface area (Å²) in [6.45, 7) is 0.769. The zero-order valence-electron chi connectivity index (χ0n) is 17.2. The second-order valence-electron chi connectivity index (χ2n) is 6.75. The molecular weight excluding hydrogens is 432 g/mol. The van der Waals surface area contributed by atoms with Gasteiger partial charge in [0, 0.05) is 11.8 Å². The lowest BCUT2D eigenvalue weighted by Crippen LogP contribution is -2.40. The molecular formula is C23H22N2O6S. The lowest BCUT2D eigenvalue weighted by Gasteiger charge is -2.14. The number of esters is 1. The molecule has 1 atom stereocenters. The van der Waals surface area contributed by atoms with Gasteiger partial charge in [-0.1, -0.05) is 42.5 Å². The van der Waals surface area contributed by atoms with E-state index in [9.17, 15) is 18.0 Å². The summed E-state index contributed by atoms with van der Waals surface area (Å²) in [5.41, 5.74) is 0.456. The highest BCUT2D eigenvalue weighted by molar-refractivity contribution is 7.89. The van der Waals surface area contributed by atoms with E-state index in [1.807, 2.05) is 18.2 Å². The van der Waals surface area contributed by atoms with Crippen molar-refractivity contribution < 1.29 is 27.5 Å². The summed E-state index contributed by atoms with van der Waals surface area (Å²) in [6, 6.07) is 22.4. The van der Waals surface area contributed by atoms with Gasteiger partial charge in [-0.2, -0.15) is 4.72 Å². The van der Waals surface area contributed by atoms with E-state index < -0.39 is 34.5 Å². The van der Waals surface area contributed by atoms with Gasteiger partial charge in [-0.05, 0) is 43.3 Å².